The van der Waals surface area contributed by atoms with E-state index in [9.17, 15) is 9.18 Å². The van der Waals surface area contributed by atoms with Gasteiger partial charge in [0.05, 0.1) is 18.2 Å². The summed E-state index contributed by atoms with van der Waals surface area (Å²) in [5.74, 6) is 0.427. The van der Waals surface area contributed by atoms with Gasteiger partial charge >= 0.3 is 0 Å². The summed E-state index contributed by atoms with van der Waals surface area (Å²) in [4.78, 5) is 20.7. The lowest BCUT2D eigenvalue weighted by Crippen LogP contribution is -2.28. The fourth-order valence-electron chi connectivity index (χ4n) is 2.77. The van der Waals surface area contributed by atoms with Crippen LogP contribution in [0, 0.1) is 5.82 Å². The van der Waals surface area contributed by atoms with Crippen molar-refractivity contribution in [3.05, 3.63) is 64.7 Å². The summed E-state index contributed by atoms with van der Waals surface area (Å²) in [6.07, 6.45) is 1.96. The van der Waals surface area contributed by atoms with Crippen LogP contribution < -0.4 is 10.6 Å². The lowest BCUT2D eigenvalue weighted by Gasteiger charge is -2.14. The van der Waals surface area contributed by atoms with Gasteiger partial charge in [-0.15, -0.1) is 0 Å². The van der Waals surface area contributed by atoms with Crippen LogP contribution in [0.4, 0.5) is 4.39 Å². The van der Waals surface area contributed by atoms with Crippen molar-refractivity contribution in [2.45, 2.75) is 33.4 Å². The van der Waals surface area contributed by atoms with Crippen molar-refractivity contribution >= 4 is 11.7 Å². The monoisotopic (exact) mass is 342 g/mol. The molecule has 25 heavy (non-hydrogen) atoms. The largest absolute Gasteiger partial charge is 0.366 e. The van der Waals surface area contributed by atoms with Gasteiger partial charge in [-0.05, 0) is 36.2 Å². The second-order valence-electron chi connectivity index (χ2n) is 5.78. The van der Waals surface area contributed by atoms with Crippen LogP contribution >= 0.6 is 0 Å². The minimum atomic E-state index is -0.289. The molecular formula is C19H23FN4O. The second kappa shape index (κ2) is 7.88. The van der Waals surface area contributed by atoms with E-state index in [2.05, 4.69) is 20.6 Å². The molecule has 2 heterocycles. The highest BCUT2D eigenvalue weighted by molar-refractivity contribution is 6.02. The fraction of sp³-hybridized carbons (Fsp3) is 0.316. The zero-order chi connectivity index (χ0) is 17.1. The van der Waals surface area contributed by atoms with E-state index in [1.165, 1.54) is 12.1 Å². The molecule has 0 spiro atoms. The first kappa shape index (κ1) is 18.6. The van der Waals surface area contributed by atoms with E-state index in [1.807, 2.05) is 13.0 Å². The molecule has 6 heteroatoms. The summed E-state index contributed by atoms with van der Waals surface area (Å²) < 4.78 is 13.0. The third-order valence-electron chi connectivity index (χ3n) is 4.06. The van der Waals surface area contributed by atoms with E-state index in [0.29, 0.717) is 6.54 Å². The van der Waals surface area contributed by atoms with Gasteiger partial charge in [0.15, 0.2) is 0 Å². The van der Waals surface area contributed by atoms with Crippen LogP contribution in [0.1, 0.15) is 42.8 Å². The van der Waals surface area contributed by atoms with E-state index in [-0.39, 0.29) is 31.6 Å². The minimum Gasteiger partial charge on any atom is -0.366 e. The van der Waals surface area contributed by atoms with Crippen LogP contribution in [0.25, 0.3) is 0 Å². The Hall–Kier alpha value is -2.76. The predicted molar refractivity (Wildman–Crippen MR) is 96.9 cm³/mol. The Morgan fingerprint density at radius 2 is 2.12 bits per heavy atom. The number of hydrogen-bond donors (Lipinski definition) is 2. The van der Waals surface area contributed by atoms with Crippen molar-refractivity contribution in [1.29, 1.82) is 0 Å². The molecule has 0 saturated carbocycles. The zero-order valence-corrected chi connectivity index (χ0v) is 13.6. The summed E-state index contributed by atoms with van der Waals surface area (Å²) in [6, 6.07) is 7.87. The molecule has 1 aromatic heterocycles. The van der Waals surface area contributed by atoms with Crippen LogP contribution in [0.2, 0.25) is 0 Å². The highest BCUT2D eigenvalue weighted by Gasteiger charge is 2.18. The molecule has 1 atom stereocenters. The van der Waals surface area contributed by atoms with E-state index < -0.39 is 0 Å². The van der Waals surface area contributed by atoms with Crippen LogP contribution in [0.5, 0.6) is 0 Å². The molecule has 0 fully saturated rings. The summed E-state index contributed by atoms with van der Waals surface area (Å²) in [6.45, 7) is 2.57. The predicted octanol–water partition coefficient (Wildman–Crippen LogP) is 2.76. The number of amides is 1. The summed E-state index contributed by atoms with van der Waals surface area (Å²) in [5, 5.41) is 6.10. The molecule has 1 aromatic carbocycles. The quantitative estimate of drug-likeness (QED) is 0.898. The third kappa shape index (κ3) is 4.21. The molecule has 0 bridgehead atoms. The number of rotatable bonds is 4. The van der Waals surface area contributed by atoms with Crippen molar-refractivity contribution < 1.29 is 9.18 Å². The Labute approximate surface area is 147 Å². The van der Waals surface area contributed by atoms with Crippen LogP contribution in [-0.4, -0.2) is 23.8 Å². The highest BCUT2D eigenvalue weighted by atomic mass is 19.1. The van der Waals surface area contributed by atoms with Gasteiger partial charge < -0.3 is 10.6 Å². The van der Waals surface area contributed by atoms with Crippen LogP contribution in [0.15, 0.2) is 41.5 Å². The van der Waals surface area contributed by atoms with Crippen LogP contribution in [0.3, 0.4) is 0 Å². The van der Waals surface area contributed by atoms with E-state index in [1.54, 1.807) is 25.4 Å². The molecule has 0 saturated heterocycles. The topological polar surface area (TPSA) is 66.4 Å². The molecule has 0 aliphatic carbocycles. The normalized spacial score (nSPS) is 15.1. The number of hydrogen-bond acceptors (Lipinski definition) is 3. The molecular weight excluding hydrogens is 319 g/mol. The molecule has 2 N–H and O–H groups in total. The van der Waals surface area contributed by atoms with Gasteiger partial charge in [-0.25, -0.2) is 4.39 Å². The number of nitrogens with zero attached hydrogens (tertiary/aromatic N) is 2. The molecule has 0 unspecified atom stereocenters. The first-order chi connectivity index (χ1) is 11.6. The van der Waals surface area contributed by atoms with Gasteiger partial charge in [0.25, 0.3) is 0 Å². The number of nitrogens with one attached hydrogen (secondary N) is 2. The molecule has 132 valence electrons. The lowest BCUT2D eigenvalue weighted by atomic mass is 10.1. The molecule has 5 nitrogen and oxygen atoms in total. The number of pyridine rings is 1. The van der Waals surface area contributed by atoms with Gasteiger partial charge in [0.1, 0.15) is 11.7 Å². The molecule has 0 radical (unpaired) electrons. The number of carbonyl (C=O) groups excluding carboxylic acids is 1. The highest BCUT2D eigenvalue weighted by Crippen LogP contribution is 2.17. The minimum absolute atomic E-state index is 0. The molecule has 1 amide bonds. The second-order valence-corrected chi connectivity index (χ2v) is 5.78. The van der Waals surface area contributed by atoms with Crippen molar-refractivity contribution in [2.75, 3.05) is 7.05 Å². The molecule has 1 aliphatic rings. The number of carbonyl (C=O) groups is 1. The summed E-state index contributed by atoms with van der Waals surface area (Å²) in [5.41, 5.74) is 3.66. The van der Waals surface area contributed by atoms with Gasteiger partial charge in [-0.3, -0.25) is 14.8 Å². The maximum atomic E-state index is 13.0. The van der Waals surface area contributed by atoms with E-state index >= 15 is 0 Å². The van der Waals surface area contributed by atoms with E-state index in [0.717, 1.165) is 28.2 Å². The van der Waals surface area contributed by atoms with E-state index in [4.69, 9.17) is 0 Å². The Kier molecular flexibility index (Phi) is 5.85. The Balaban J connectivity index is 0.00000225. The van der Waals surface area contributed by atoms with Crippen molar-refractivity contribution in [1.82, 2.24) is 15.6 Å². The number of benzene rings is 1. The number of fused-ring (bicyclic) bond motifs is 1. The first-order valence-electron chi connectivity index (χ1n) is 7.80. The first-order valence-corrected chi connectivity index (χ1v) is 7.80. The van der Waals surface area contributed by atoms with Crippen molar-refractivity contribution in [3.8, 4) is 0 Å². The average molecular weight is 342 g/mol. The zero-order valence-electron chi connectivity index (χ0n) is 13.6. The summed E-state index contributed by atoms with van der Waals surface area (Å²) >= 11 is 0. The molecule has 3 rings (SSSR count). The van der Waals surface area contributed by atoms with Gasteiger partial charge in [0, 0.05) is 25.4 Å². The van der Waals surface area contributed by atoms with Crippen molar-refractivity contribution in [2.24, 2.45) is 4.99 Å². The Morgan fingerprint density at radius 3 is 2.80 bits per heavy atom. The van der Waals surface area contributed by atoms with Crippen molar-refractivity contribution in [3.63, 3.8) is 0 Å². The maximum absolute atomic E-state index is 13.0. The molecule has 2 aromatic rings. The molecule has 1 aliphatic heterocycles. The standard InChI is InChI=1S/C18H19FN4O.CH4/c1-11(12-3-5-14(19)6-4-12)23-17(24)8-15-7-13-9-22-18(20-2)16(13)10-21-15;/h3-7,10-11H,8-9H2,1-2H3,(H,20,22)(H,23,24);1H4/t11-;/m1./s1. The Morgan fingerprint density at radius 1 is 1.40 bits per heavy atom. The maximum Gasteiger partial charge on any atom is 0.226 e. The number of halogens is 1. The van der Waals surface area contributed by atoms with Crippen LogP contribution in [-0.2, 0) is 17.8 Å². The lowest BCUT2D eigenvalue weighted by molar-refractivity contribution is -0.121. The van der Waals surface area contributed by atoms with Gasteiger partial charge in [-0.1, -0.05) is 19.6 Å². The summed E-state index contributed by atoms with van der Waals surface area (Å²) in [7, 11) is 1.73. The van der Waals surface area contributed by atoms with Gasteiger partial charge in [-0.2, -0.15) is 0 Å². The fourth-order valence-corrected chi connectivity index (χ4v) is 2.77. The smallest absolute Gasteiger partial charge is 0.226 e. The Bertz CT molecular complexity index is 787. The average Bonchev–Trinajstić information content (AvgIpc) is 2.97. The number of aliphatic imine (C=N–C) groups is 1. The SMILES string of the molecule is C.CN=C1NCc2cc(CC(=O)N[C@H](C)c3ccc(F)cc3)ncc21. The third-order valence-corrected chi connectivity index (χ3v) is 4.06. The number of aromatic nitrogens is 1. The number of amidine groups is 1. The van der Waals surface area contributed by atoms with Gasteiger partial charge in [0.2, 0.25) is 5.91 Å².